The quantitative estimate of drug-likeness (QED) is 0.517. The Hall–Kier alpha value is -1.87. The van der Waals surface area contributed by atoms with Gasteiger partial charge in [0, 0.05) is 10.4 Å². The number of nitrogens with zero attached hydrogens (tertiary/aromatic N) is 1. The highest BCUT2D eigenvalue weighted by Gasteiger charge is 2.46. The molecule has 1 heterocycles. The molecule has 3 heteroatoms. The third-order valence-electron chi connectivity index (χ3n) is 9.96. The van der Waals surface area contributed by atoms with Gasteiger partial charge in [-0.3, -0.25) is 0 Å². The van der Waals surface area contributed by atoms with Crippen LogP contribution in [-0.2, 0) is 5.41 Å². The summed E-state index contributed by atoms with van der Waals surface area (Å²) >= 11 is 0. The minimum atomic E-state index is -1.64. The maximum atomic E-state index is 13.9. The summed E-state index contributed by atoms with van der Waals surface area (Å²) in [7, 11) is -1.64. The van der Waals surface area contributed by atoms with E-state index in [1.165, 1.54) is 21.2 Å². The fraction of sp³-hybridized carbons (Fsp3) is 0.552. The van der Waals surface area contributed by atoms with Crippen LogP contribution in [-0.4, -0.2) is 8.07 Å². The normalized spacial score (nSPS) is 26.5. The molecule has 0 unspecified atom stereocenters. The lowest BCUT2D eigenvalue weighted by atomic mass is 9.60. The van der Waals surface area contributed by atoms with Gasteiger partial charge in [-0.05, 0) is 76.5 Å². The Morgan fingerprint density at radius 3 is 2.19 bits per heavy atom. The second-order valence-corrected chi connectivity index (χ2v) is 18.2. The third-order valence-corrected chi connectivity index (χ3v) is 15.5. The molecule has 170 valence electrons. The largest absolute Gasteiger partial charge is 0.875 e. The molecule has 1 saturated carbocycles. The Labute approximate surface area is 193 Å². The summed E-state index contributed by atoms with van der Waals surface area (Å²) in [5.41, 5.74) is 2.17. The predicted molar refractivity (Wildman–Crippen MR) is 134 cm³/mol. The second kappa shape index (κ2) is 6.59. The average molecular weight is 445 g/mol. The molecule has 0 radical (unpaired) electrons. The van der Waals surface area contributed by atoms with Crippen LogP contribution in [0.15, 0.2) is 35.3 Å². The summed E-state index contributed by atoms with van der Waals surface area (Å²) in [6, 6.07) is 11.4. The average Bonchev–Trinajstić information content (AvgIpc) is 3.01. The minimum Gasteiger partial charge on any atom is -0.875 e. The molecule has 32 heavy (non-hydrogen) atoms. The lowest BCUT2D eigenvalue weighted by Gasteiger charge is -2.48. The van der Waals surface area contributed by atoms with Crippen molar-refractivity contribution < 1.29 is 5.11 Å². The zero-order chi connectivity index (χ0) is 23.3. The van der Waals surface area contributed by atoms with Crippen molar-refractivity contribution in [2.75, 3.05) is 0 Å². The van der Waals surface area contributed by atoms with Crippen molar-refractivity contribution in [1.82, 2.24) is 0 Å². The molecule has 4 aliphatic rings. The molecule has 0 N–H and O–H groups in total. The van der Waals surface area contributed by atoms with E-state index in [9.17, 15) is 5.11 Å². The number of hydrogen-bond acceptors (Lipinski definition) is 2. The lowest BCUT2D eigenvalue weighted by molar-refractivity contribution is -0.273. The van der Waals surface area contributed by atoms with Crippen molar-refractivity contribution >= 4 is 24.7 Å². The SMILES string of the molecule is CC(C)C12CCC(C)(CC1)c1cc3c(cc1=C2[O-])N=c1ccc([Si](C)(C)C(C)(C)C)cc1=3. The second-order valence-electron chi connectivity index (χ2n) is 12.8. The minimum absolute atomic E-state index is 0.0920. The summed E-state index contributed by atoms with van der Waals surface area (Å²) in [6.45, 7) is 18.9. The fourth-order valence-electron chi connectivity index (χ4n) is 6.24. The fourth-order valence-corrected chi connectivity index (χ4v) is 8.11. The topological polar surface area (TPSA) is 35.4 Å². The molecule has 0 spiro atoms. The van der Waals surface area contributed by atoms with Gasteiger partial charge in [0.2, 0.25) is 0 Å². The molecule has 0 saturated heterocycles. The highest BCUT2D eigenvalue weighted by atomic mass is 28.3. The molecular formula is C29H38NOSi-. The van der Waals surface area contributed by atoms with Gasteiger partial charge < -0.3 is 5.11 Å². The van der Waals surface area contributed by atoms with Crippen LogP contribution in [0.5, 0.6) is 0 Å². The van der Waals surface area contributed by atoms with E-state index < -0.39 is 8.07 Å². The van der Waals surface area contributed by atoms with Gasteiger partial charge in [-0.15, -0.1) is 5.76 Å². The van der Waals surface area contributed by atoms with Gasteiger partial charge in [0.25, 0.3) is 0 Å². The smallest absolute Gasteiger partial charge is 0.0859 e. The molecule has 2 aromatic carbocycles. The van der Waals surface area contributed by atoms with Crippen LogP contribution in [0.25, 0.3) is 5.76 Å². The highest BCUT2D eigenvalue weighted by molar-refractivity contribution is 6.92. The van der Waals surface area contributed by atoms with Crippen LogP contribution in [0.1, 0.15) is 72.8 Å². The summed E-state index contributed by atoms with van der Waals surface area (Å²) in [4.78, 5) is 5.00. The number of rotatable bonds is 2. The van der Waals surface area contributed by atoms with Crippen LogP contribution in [0.3, 0.4) is 0 Å². The standard InChI is InChI=1S/C29H39NOSi/c1-18(2)29-13-11-28(6,12-14-29)23-16-21-20-15-19(32(7,8)27(3,4)5)9-10-24(20)30-25(21)17-22(23)26(29)31/h9-10,15-18,31H,11-14H2,1-8H3/p-1. The highest BCUT2D eigenvalue weighted by Crippen LogP contribution is 2.54. The van der Waals surface area contributed by atoms with E-state index in [0.29, 0.717) is 11.7 Å². The Morgan fingerprint density at radius 2 is 1.59 bits per heavy atom. The molecule has 2 bridgehead atoms. The first-order valence-electron chi connectivity index (χ1n) is 12.4. The van der Waals surface area contributed by atoms with Crippen molar-refractivity contribution in [2.45, 2.75) is 90.8 Å². The summed E-state index contributed by atoms with van der Waals surface area (Å²) in [6.07, 6.45) is 4.25. The van der Waals surface area contributed by atoms with Gasteiger partial charge in [0.1, 0.15) is 0 Å². The van der Waals surface area contributed by atoms with E-state index >= 15 is 0 Å². The van der Waals surface area contributed by atoms with Crippen LogP contribution >= 0.6 is 0 Å². The molecule has 2 aromatic rings. The van der Waals surface area contributed by atoms with Gasteiger partial charge in [-0.25, -0.2) is 4.99 Å². The zero-order valence-corrected chi connectivity index (χ0v) is 22.1. The predicted octanol–water partition coefficient (Wildman–Crippen LogP) is 4.91. The van der Waals surface area contributed by atoms with E-state index in [2.05, 4.69) is 85.0 Å². The first kappa shape index (κ1) is 21.9. The molecule has 0 amide bonds. The maximum absolute atomic E-state index is 13.9. The van der Waals surface area contributed by atoms with Crippen LogP contribution in [0.4, 0.5) is 5.69 Å². The Bertz CT molecular complexity index is 1340. The summed E-state index contributed by atoms with van der Waals surface area (Å²) < 4.78 is 0. The number of benzene rings is 2. The molecule has 6 rings (SSSR count). The van der Waals surface area contributed by atoms with Crippen molar-refractivity contribution in [3.63, 3.8) is 0 Å². The number of fused-ring (bicyclic) bond motifs is 4. The van der Waals surface area contributed by atoms with Gasteiger partial charge in [0.05, 0.1) is 19.1 Å². The first-order chi connectivity index (χ1) is 14.8. The van der Waals surface area contributed by atoms with Crippen molar-refractivity contribution in [3.8, 4) is 0 Å². The number of hydrogen-bond donors (Lipinski definition) is 0. The summed E-state index contributed by atoms with van der Waals surface area (Å²) in [5.74, 6) is 0.750. The van der Waals surface area contributed by atoms with E-state index in [1.807, 2.05) is 0 Å². The van der Waals surface area contributed by atoms with E-state index in [1.54, 1.807) is 0 Å². The van der Waals surface area contributed by atoms with Gasteiger partial charge in [0.15, 0.2) is 0 Å². The Balaban J connectivity index is 1.84. The zero-order valence-electron chi connectivity index (χ0n) is 21.1. The molecule has 0 aromatic heterocycles. The molecule has 1 fully saturated rings. The third kappa shape index (κ3) is 2.79. The molecular weight excluding hydrogens is 406 g/mol. The molecule has 2 nitrogen and oxygen atoms in total. The Kier molecular flexibility index (Phi) is 4.52. The van der Waals surface area contributed by atoms with Crippen molar-refractivity contribution in [2.24, 2.45) is 16.3 Å². The van der Waals surface area contributed by atoms with Crippen molar-refractivity contribution in [1.29, 1.82) is 0 Å². The van der Waals surface area contributed by atoms with E-state index in [0.717, 1.165) is 41.9 Å². The monoisotopic (exact) mass is 444 g/mol. The molecule has 1 aliphatic heterocycles. The van der Waals surface area contributed by atoms with Crippen LogP contribution in [0, 0.1) is 21.8 Å². The molecule has 3 aliphatic carbocycles. The van der Waals surface area contributed by atoms with Gasteiger partial charge in [-0.1, -0.05) is 72.0 Å². The van der Waals surface area contributed by atoms with E-state index in [-0.39, 0.29) is 15.9 Å². The van der Waals surface area contributed by atoms with Crippen LogP contribution < -0.4 is 20.9 Å². The maximum Gasteiger partial charge on any atom is 0.0859 e. The molecule has 0 atom stereocenters. The Morgan fingerprint density at radius 1 is 0.938 bits per heavy atom. The van der Waals surface area contributed by atoms with Crippen LogP contribution in [0.2, 0.25) is 18.1 Å². The summed E-state index contributed by atoms with van der Waals surface area (Å²) in [5, 5.41) is 20.2. The lowest BCUT2D eigenvalue weighted by Crippen LogP contribution is -2.49. The first-order valence-corrected chi connectivity index (χ1v) is 15.4. The van der Waals surface area contributed by atoms with Crippen molar-refractivity contribution in [3.05, 3.63) is 56.9 Å². The van der Waals surface area contributed by atoms with Gasteiger partial charge in [-0.2, -0.15) is 0 Å². The van der Waals surface area contributed by atoms with Gasteiger partial charge >= 0.3 is 0 Å². The van der Waals surface area contributed by atoms with E-state index in [4.69, 9.17) is 4.99 Å².